The minimum Gasteiger partial charge on any atom is -0.497 e. The number of hydrogen-bond donors (Lipinski definition) is 2. The third-order valence-electron chi connectivity index (χ3n) is 5.05. The molecule has 158 valence electrons. The van der Waals surface area contributed by atoms with Crippen LogP contribution in [0, 0.1) is 0 Å². The van der Waals surface area contributed by atoms with Gasteiger partial charge in [-0.1, -0.05) is 38.1 Å². The molecule has 2 aromatic carbocycles. The van der Waals surface area contributed by atoms with E-state index in [1.807, 2.05) is 42.5 Å². The van der Waals surface area contributed by atoms with Crippen molar-refractivity contribution in [3.05, 3.63) is 59.7 Å². The van der Waals surface area contributed by atoms with Crippen LogP contribution >= 0.6 is 0 Å². The number of hydrogen-bond acceptors (Lipinski definition) is 4. The minimum absolute atomic E-state index is 0.0902. The number of methoxy groups -OCH3 is 2. The summed E-state index contributed by atoms with van der Waals surface area (Å²) in [7, 11) is 3.32. The third kappa shape index (κ3) is 6.98. The van der Waals surface area contributed by atoms with Crippen LogP contribution in [0.4, 0.5) is 4.79 Å². The third-order valence-corrected chi connectivity index (χ3v) is 5.05. The van der Waals surface area contributed by atoms with Crippen LogP contribution in [0.2, 0.25) is 0 Å². The Morgan fingerprint density at radius 1 is 0.966 bits per heavy atom. The number of amides is 2. The molecule has 0 spiro atoms. The highest BCUT2D eigenvalue weighted by molar-refractivity contribution is 5.73. The molecule has 29 heavy (non-hydrogen) atoms. The Balaban J connectivity index is 1.89. The topological polar surface area (TPSA) is 62.8 Å². The van der Waals surface area contributed by atoms with E-state index in [1.54, 1.807) is 14.2 Å². The van der Waals surface area contributed by atoms with Gasteiger partial charge in [0.2, 0.25) is 0 Å². The number of likely N-dealkylation sites (N-methyl/N-ethyl adjacent to an activating group) is 1. The lowest BCUT2D eigenvalue weighted by molar-refractivity contribution is 0.206. The molecule has 0 fully saturated rings. The summed E-state index contributed by atoms with van der Waals surface area (Å²) in [4.78, 5) is 14.6. The van der Waals surface area contributed by atoms with Crippen LogP contribution < -0.4 is 20.1 Å². The number of ether oxygens (including phenoxy) is 2. The molecular weight excluding hydrogens is 366 g/mol. The molecule has 0 bridgehead atoms. The maximum Gasteiger partial charge on any atom is 0.314 e. The molecular formula is C23H33N3O3. The molecule has 0 saturated carbocycles. The molecule has 0 aromatic heterocycles. The maximum absolute atomic E-state index is 12.3. The number of nitrogens with one attached hydrogen (secondary N) is 2. The van der Waals surface area contributed by atoms with Crippen molar-refractivity contribution in [2.24, 2.45) is 0 Å². The second-order valence-electron chi connectivity index (χ2n) is 6.75. The Morgan fingerprint density at radius 3 is 2.28 bits per heavy atom. The van der Waals surface area contributed by atoms with Crippen LogP contribution in [-0.2, 0) is 6.42 Å². The Kier molecular flexibility index (Phi) is 9.31. The zero-order valence-corrected chi connectivity index (χ0v) is 17.9. The summed E-state index contributed by atoms with van der Waals surface area (Å²) in [5, 5.41) is 5.96. The van der Waals surface area contributed by atoms with Gasteiger partial charge in [0.1, 0.15) is 11.5 Å². The van der Waals surface area contributed by atoms with Gasteiger partial charge in [0, 0.05) is 13.1 Å². The van der Waals surface area contributed by atoms with Gasteiger partial charge < -0.3 is 20.1 Å². The van der Waals surface area contributed by atoms with E-state index in [0.29, 0.717) is 13.1 Å². The van der Waals surface area contributed by atoms with Crippen LogP contribution in [-0.4, -0.2) is 51.3 Å². The number of benzene rings is 2. The van der Waals surface area contributed by atoms with E-state index in [4.69, 9.17) is 9.47 Å². The van der Waals surface area contributed by atoms with Crippen molar-refractivity contribution in [1.82, 2.24) is 15.5 Å². The molecule has 0 aliphatic heterocycles. The van der Waals surface area contributed by atoms with Crippen LogP contribution in [0.1, 0.15) is 31.0 Å². The molecule has 1 unspecified atom stereocenters. The van der Waals surface area contributed by atoms with E-state index in [0.717, 1.165) is 42.1 Å². The molecule has 6 nitrogen and oxygen atoms in total. The number of urea groups is 1. The summed E-state index contributed by atoms with van der Waals surface area (Å²) in [6.45, 7) is 7.17. The Hall–Kier alpha value is -2.73. The molecule has 2 rings (SSSR count). The predicted molar refractivity (Wildman–Crippen MR) is 117 cm³/mol. The quantitative estimate of drug-likeness (QED) is 0.606. The number of carbonyl (C=O) groups is 1. The maximum atomic E-state index is 12.3. The van der Waals surface area contributed by atoms with E-state index in [-0.39, 0.29) is 12.1 Å². The first-order valence-electron chi connectivity index (χ1n) is 10.1. The summed E-state index contributed by atoms with van der Waals surface area (Å²) >= 11 is 0. The van der Waals surface area contributed by atoms with Gasteiger partial charge in [-0.3, -0.25) is 4.90 Å². The lowest BCUT2D eigenvalue weighted by Gasteiger charge is -2.30. The average Bonchev–Trinajstić information content (AvgIpc) is 2.77. The monoisotopic (exact) mass is 399 g/mol. The van der Waals surface area contributed by atoms with Crippen molar-refractivity contribution in [2.45, 2.75) is 26.3 Å². The first-order valence-corrected chi connectivity index (χ1v) is 10.1. The van der Waals surface area contributed by atoms with E-state index in [2.05, 4.69) is 35.4 Å². The second kappa shape index (κ2) is 12.0. The summed E-state index contributed by atoms with van der Waals surface area (Å²) < 4.78 is 10.5. The van der Waals surface area contributed by atoms with Crippen molar-refractivity contribution in [3.8, 4) is 11.5 Å². The molecule has 6 heteroatoms. The highest BCUT2D eigenvalue weighted by Gasteiger charge is 2.19. The summed E-state index contributed by atoms with van der Waals surface area (Å²) in [6.07, 6.45) is 0.771. The van der Waals surface area contributed by atoms with E-state index in [9.17, 15) is 4.79 Å². The lowest BCUT2D eigenvalue weighted by Crippen LogP contribution is -2.42. The predicted octanol–water partition coefficient (Wildman–Crippen LogP) is 3.63. The SMILES string of the molecule is CCN(CC)C(CNC(=O)NCCc1ccc(OC)cc1)c1cccc(OC)c1. The number of carbonyl (C=O) groups excluding carboxylic acids is 1. The van der Waals surface area contributed by atoms with Gasteiger partial charge >= 0.3 is 6.03 Å². The van der Waals surface area contributed by atoms with E-state index < -0.39 is 0 Å². The van der Waals surface area contributed by atoms with Gasteiger partial charge in [0.25, 0.3) is 0 Å². The van der Waals surface area contributed by atoms with Crippen LogP contribution in [0.15, 0.2) is 48.5 Å². The standard InChI is InChI=1S/C23H33N3O3/c1-5-26(6-2)22(19-8-7-9-21(16-19)29-4)17-25-23(27)24-15-14-18-10-12-20(28-3)13-11-18/h7-13,16,22H,5-6,14-15,17H2,1-4H3,(H2,24,25,27). The second-order valence-corrected chi connectivity index (χ2v) is 6.75. The highest BCUT2D eigenvalue weighted by Crippen LogP contribution is 2.23. The molecule has 0 radical (unpaired) electrons. The Labute approximate surface area is 174 Å². The molecule has 0 aliphatic carbocycles. The van der Waals surface area contributed by atoms with E-state index in [1.165, 1.54) is 0 Å². The number of nitrogens with zero attached hydrogens (tertiary/aromatic N) is 1. The van der Waals surface area contributed by atoms with Crippen molar-refractivity contribution in [3.63, 3.8) is 0 Å². The largest absolute Gasteiger partial charge is 0.497 e. The fourth-order valence-corrected chi connectivity index (χ4v) is 3.34. The summed E-state index contributed by atoms with van der Waals surface area (Å²) in [5.41, 5.74) is 2.29. The average molecular weight is 400 g/mol. The van der Waals surface area contributed by atoms with Crippen LogP contribution in [0.5, 0.6) is 11.5 Å². The zero-order valence-electron chi connectivity index (χ0n) is 17.9. The van der Waals surface area contributed by atoms with Crippen LogP contribution in [0.25, 0.3) is 0 Å². The molecule has 1 atom stereocenters. The highest BCUT2D eigenvalue weighted by atomic mass is 16.5. The van der Waals surface area contributed by atoms with Crippen molar-refractivity contribution >= 4 is 6.03 Å². The minimum atomic E-state index is -0.154. The molecule has 0 saturated heterocycles. The van der Waals surface area contributed by atoms with E-state index >= 15 is 0 Å². The normalized spacial score (nSPS) is 11.8. The van der Waals surface area contributed by atoms with Crippen molar-refractivity contribution in [1.29, 1.82) is 0 Å². The Morgan fingerprint density at radius 2 is 1.66 bits per heavy atom. The summed E-state index contributed by atoms with van der Waals surface area (Å²) in [5.74, 6) is 1.66. The fourth-order valence-electron chi connectivity index (χ4n) is 3.34. The smallest absolute Gasteiger partial charge is 0.314 e. The molecule has 2 aromatic rings. The first-order chi connectivity index (χ1) is 14.1. The molecule has 2 N–H and O–H groups in total. The molecule has 0 heterocycles. The number of rotatable bonds is 11. The van der Waals surface area contributed by atoms with Gasteiger partial charge in [-0.2, -0.15) is 0 Å². The zero-order chi connectivity index (χ0) is 21.1. The van der Waals surface area contributed by atoms with Gasteiger partial charge in [0.15, 0.2) is 0 Å². The molecule has 2 amide bonds. The Bertz CT molecular complexity index is 745. The first kappa shape index (κ1) is 22.6. The van der Waals surface area contributed by atoms with Crippen molar-refractivity contribution in [2.75, 3.05) is 40.4 Å². The fraction of sp³-hybridized carbons (Fsp3) is 0.435. The van der Waals surface area contributed by atoms with Gasteiger partial charge in [0.05, 0.1) is 20.3 Å². The van der Waals surface area contributed by atoms with Crippen LogP contribution in [0.3, 0.4) is 0 Å². The van der Waals surface area contributed by atoms with Gasteiger partial charge in [-0.15, -0.1) is 0 Å². The summed E-state index contributed by atoms with van der Waals surface area (Å²) in [6, 6.07) is 15.8. The van der Waals surface area contributed by atoms with Gasteiger partial charge in [-0.05, 0) is 54.9 Å². The molecule has 0 aliphatic rings. The lowest BCUT2D eigenvalue weighted by atomic mass is 10.0. The van der Waals surface area contributed by atoms with Crippen molar-refractivity contribution < 1.29 is 14.3 Å². The van der Waals surface area contributed by atoms with Gasteiger partial charge in [-0.25, -0.2) is 4.79 Å².